The first-order valence-electron chi connectivity index (χ1n) is 15.4. The molecule has 1 unspecified atom stereocenters. The minimum absolute atomic E-state index is 0.143. The molecule has 1 aliphatic carbocycles. The monoisotopic (exact) mass is 576 g/mol. The zero-order valence-corrected chi connectivity index (χ0v) is 24.5. The number of nitrogens with one attached hydrogen (secondary N) is 1. The number of fused-ring (bicyclic) bond motifs is 1. The zero-order valence-electron chi connectivity index (χ0n) is 24.5. The second kappa shape index (κ2) is 10.2. The molecule has 1 N–H and O–H groups in total. The van der Waals surface area contributed by atoms with E-state index in [0.29, 0.717) is 32.1 Å². The second-order valence-electron chi connectivity index (χ2n) is 12.7. The van der Waals surface area contributed by atoms with Crippen molar-refractivity contribution in [1.82, 2.24) is 34.8 Å². The van der Waals surface area contributed by atoms with Crippen molar-refractivity contribution in [2.24, 2.45) is 12.5 Å². The van der Waals surface area contributed by atoms with Gasteiger partial charge in [-0.3, -0.25) is 24.3 Å². The summed E-state index contributed by atoms with van der Waals surface area (Å²) in [6.45, 7) is 3.85. The van der Waals surface area contributed by atoms with Gasteiger partial charge in [0.1, 0.15) is 6.33 Å². The lowest BCUT2D eigenvalue weighted by molar-refractivity contribution is -0.132. The molecule has 2 amide bonds. The van der Waals surface area contributed by atoms with Crippen molar-refractivity contribution in [3.8, 4) is 11.4 Å². The van der Waals surface area contributed by atoms with Crippen molar-refractivity contribution in [1.29, 1.82) is 0 Å². The SMILES string of the molecule is Cn1cnc(-c2ccc(C3=CCN(C(=O)CN4CCC5(CCN(c6ccc7[nH]nc(C8CC8)c7c6)C5=O)C4)CC3)cc2)n1. The molecule has 2 aromatic carbocycles. The summed E-state index contributed by atoms with van der Waals surface area (Å²) < 4.78 is 1.70. The van der Waals surface area contributed by atoms with Gasteiger partial charge in [-0.1, -0.05) is 30.3 Å². The average Bonchev–Trinajstić information content (AvgIpc) is 3.31. The van der Waals surface area contributed by atoms with E-state index in [0.717, 1.165) is 66.0 Å². The Labute approximate surface area is 250 Å². The molecule has 10 heteroatoms. The van der Waals surface area contributed by atoms with Crippen LogP contribution in [0.3, 0.4) is 0 Å². The van der Waals surface area contributed by atoms with Gasteiger partial charge in [0, 0.05) is 55.8 Å². The van der Waals surface area contributed by atoms with Crippen LogP contribution in [0.5, 0.6) is 0 Å². The zero-order chi connectivity index (χ0) is 29.1. The van der Waals surface area contributed by atoms with E-state index in [9.17, 15) is 9.59 Å². The van der Waals surface area contributed by atoms with Crippen LogP contribution in [0.25, 0.3) is 27.9 Å². The lowest BCUT2D eigenvalue weighted by atomic mass is 9.85. The number of amides is 2. The standard InChI is InChI=1S/C33H36N8O2/c1-38-21-34-31(37-38)25-6-2-22(3-7-25)23-10-14-40(15-11-23)29(42)19-39-16-12-33(20-39)13-17-41(32(33)43)26-8-9-28-27(18-26)30(36-35-28)24-4-5-24/h2-3,6-10,18,21,24H,4-5,11-17,19-20H2,1H3,(H,35,36). The Bertz CT molecular complexity index is 1750. The highest BCUT2D eigenvalue weighted by Gasteiger charge is 2.51. The van der Waals surface area contributed by atoms with Gasteiger partial charge in [-0.05, 0) is 68.0 Å². The normalized spacial score (nSPS) is 22.7. The Hall–Kier alpha value is -4.31. The molecular formula is C33H36N8O2. The molecule has 220 valence electrons. The predicted molar refractivity (Wildman–Crippen MR) is 164 cm³/mol. The van der Waals surface area contributed by atoms with E-state index in [1.54, 1.807) is 11.0 Å². The van der Waals surface area contributed by atoms with Gasteiger partial charge < -0.3 is 9.80 Å². The lowest BCUT2D eigenvalue weighted by Crippen LogP contribution is -2.43. The summed E-state index contributed by atoms with van der Waals surface area (Å²) in [5, 5.41) is 13.2. The Kier molecular flexibility index (Phi) is 6.22. The van der Waals surface area contributed by atoms with E-state index in [2.05, 4.69) is 67.7 Å². The maximum atomic E-state index is 13.8. The number of rotatable bonds is 6. The summed E-state index contributed by atoms with van der Waals surface area (Å²) >= 11 is 0. The van der Waals surface area contributed by atoms with Crippen molar-refractivity contribution >= 4 is 34.0 Å². The molecule has 8 rings (SSSR count). The van der Waals surface area contributed by atoms with E-state index < -0.39 is 5.41 Å². The molecule has 3 aliphatic heterocycles. The van der Waals surface area contributed by atoms with Crippen LogP contribution in [-0.2, 0) is 16.6 Å². The molecule has 2 aromatic heterocycles. The highest BCUT2D eigenvalue weighted by atomic mass is 16.2. The number of H-pyrrole nitrogens is 1. The summed E-state index contributed by atoms with van der Waals surface area (Å²) in [5.74, 6) is 1.62. The third kappa shape index (κ3) is 4.74. The van der Waals surface area contributed by atoms with Crippen LogP contribution in [0.4, 0.5) is 5.69 Å². The summed E-state index contributed by atoms with van der Waals surface area (Å²) in [5.41, 5.74) is 6.18. The van der Waals surface area contributed by atoms with Crippen LogP contribution in [0.1, 0.15) is 49.3 Å². The van der Waals surface area contributed by atoms with Gasteiger partial charge in [-0.2, -0.15) is 10.2 Å². The molecule has 5 heterocycles. The molecular weight excluding hydrogens is 540 g/mol. The fourth-order valence-electron chi connectivity index (χ4n) is 7.15. The molecule has 43 heavy (non-hydrogen) atoms. The van der Waals surface area contributed by atoms with Gasteiger partial charge in [-0.25, -0.2) is 4.98 Å². The average molecular weight is 577 g/mol. The number of aromatic nitrogens is 5. The molecule has 1 spiro atoms. The first kappa shape index (κ1) is 26.3. The van der Waals surface area contributed by atoms with Crippen LogP contribution < -0.4 is 4.90 Å². The molecule has 0 radical (unpaired) electrons. The van der Waals surface area contributed by atoms with Gasteiger partial charge in [0.05, 0.1) is 23.2 Å². The van der Waals surface area contributed by atoms with E-state index in [4.69, 9.17) is 0 Å². The fourth-order valence-corrected chi connectivity index (χ4v) is 7.15. The maximum absolute atomic E-state index is 13.8. The molecule has 4 aromatic rings. The van der Waals surface area contributed by atoms with Crippen LogP contribution in [-0.4, -0.2) is 85.8 Å². The molecule has 4 aliphatic rings. The first-order valence-corrected chi connectivity index (χ1v) is 15.4. The number of anilines is 1. The number of likely N-dealkylation sites (tertiary alicyclic amines) is 1. The smallest absolute Gasteiger partial charge is 0.237 e. The van der Waals surface area contributed by atoms with Crippen molar-refractivity contribution in [2.75, 3.05) is 44.2 Å². The number of hydrogen-bond acceptors (Lipinski definition) is 6. The van der Waals surface area contributed by atoms with E-state index in [1.807, 2.05) is 22.9 Å². The number of aromatic amines is 1. The Morgan fingerprint density at radius 1 is 1.05 bits per heavy atom. The minimum Gasteiger partial charge on any atom is -0.338 e. The number of benzene rings is 2. The molecule has 2 saturated heterocycles. The van der Waals surface area contributed by atoms with E-state index >= 15 is 0 Å². The van der Waals surface area contributed by atoms with Gasteiger partial charge in [0.25, 0.3) is 0 Å². The van der Waals surface area contributed by atoms with Crippen molar-refractivity contribution < 1.29 is 9.59 Å². The number of carbonyl (C=O) groups is 2. The molecule has 3 fully saturated rings. The number of hydrogen-bond donors (Lipinski definition) is 1. The minimum atomic E-state index is -0.392. The Balaban J connectivity index is 0.882. The van der Waals surface area contributed by atoms with Gasteiger partial charge in [0.15, 0.2) is 5.82 Å². The third-order valence-electron chi connectivity index (χ3n) is 9.83. The van der Waals surface area contributed by atoms with Gasteiger partial charge in [0.2, 0.25) is 11.8 Å². The molecule has 1 atom stereocenters. The molecule has 1 saturated carbocycles. The summed E-state index contributed by atoms with van der Waals surface area (Å²) in [6, 6.07) is 14.6. The van der Waals surface area contributed by atoms with Gasteiger partial charge >= 0.3 is 0 Å². The highest BCUT2D eigenvalue weighted by molar-refractivity contribution is 6.02. The summed E-state index contributed by atoms with van der Waals surface area (Å²) in [6.07, 6.45) is 8.73. The number of aryl methyl sites for hydroxylation is 1. The topological polar surface area (TPSA) is 103 Å². The van der Waals surface area contributed by atoms with Crippen LogP contribution >= 0.6 is 0 Å². The van der Waals surface area contributed by atoms with Crippen LogP contribution in [0.15, 0.2) is 54.9 Å². The van der Waals surface area contributed by atoms with Crippen molar-refractivity contribution in [3.05, 3.63) is 66.1 Å². The fraction of sp³-hybridized carbons (Fsp3) is 0.424. The second-order valence-corrected chi connectivity index (χ2v) is 12.7. The first-order chi connectivity index (χ1) is 21.0. The van der Waals surface area contributed by atoms with Crippen molar-refractivity contribution in [3.63, 3.8) is 0 Å². The maximum Gasteiger partial charge on any atom is 0.237 e. The predicted octanol–water partition coefficient (Wildman–Crippen LogP) is 3.98. The quantitative estimate of drug-likeness (QED) is 0.373. The Morgan fingerprint density at radius 3 is 2.60 bits per heavy atom. The lowest BCUT2D eigenvalue weighted by Gasteiger charge is -2.29. The molecule has 0 bridgehead atoms. The highest BCUT2D eigenvalue weighted by Crippen LogP contribution is 2.45. The van der Waals surface area contributed by atoms with Crippen LogP contribution in [0, 0.1) is 5.41 Å². The summed E-state index contributed by atoms with van der Waals surface area (Å²) in [7, 11) is 1.86. The Morgan fingerprint density at radius 2 is 1.86 bits per heavy atom. The molecule has 10 nitrogen and oxygen atoms in total. The largest absolute Gasteiger partial charge is 0.338 e. The van der Waals surface area contributed by atoms with E-state index in [1.165, 1.54) is 24.0 Å². The van der Waals surface area contributed by atoms with Crippen molar-refractivity contribution in [2.45, 2.75) is 38.0 Å². The third-order valence-corrected chi connectivity index (χ3v) is 9.83. The number of nitrogens with zero attached hydrogens (tertiary/aromatic N) is 7. The van der Waals surface area contributed by atoms with Crippen LogP contribution in [0.2, 0.25) is 0 Å². The summed E-state index contributed by atoms with van der Waals surface area (Å²) in [4.78, 5) is 37.5. The van der Waals surface area contributed by atoms with E-state index in [-0.39, 0.29) is 11.8 Å². The number of carbonyl (C=O) groups excluding carboxylic acids is 2. The van der Waals surface area contributed by atoms with Gasteiger partial charge in [-0.15, -0.1) is 0 Å².